The van der Waals surface area contributed by atoms with Crippen molar-refractivity contribution in [3.8, 4) is 28.6 Å². The summed E-state index contributed by atoms with van der Waals surface area (Å²) < 4.78 is 2.16. The minimum absolute atomic E-state index is 0.0202. The van der Waals surface area contributed by atoms with Gasteiger partial charge in [0.25, 0.3) is 0 Å². The Morgan fingerprint density at radius 3 is 2.79 bits per heavy atom. The normalized spacial score (nSPS) is 11.0. The van der Waals surface area contributed by atoms with E-state index >= 15 is 0 Å². The smallest absolute Gasteiger partial charge is 0.200 e. The number of aromatic amines is 1. The molecular weight excluding hydrogens is 324 g/mol. The van der Waals surface area contributed by atoms with Gasteiger partial charge in [-0.05, 0) is 36.5 Å². The van der Waals surface area contributed by atoms with Gasteiger partial charge >= 0.3 is 0 Å². The van der Waals surface area contributed by atoms with E-state index in [9.17, 15) is 10.2 Å². The van der Waals surface area contributed by atoms with E-state index in [-0.39, 0.29) is 11.5 Å². The van der Waals surface area contributed by atoms with E-state index in [1.165, 1.54) is 12.1 Å². The number of hydrogen-bond acceptors (Lipinski definition) is 5. The molecule has 0 atom stereocenters. The third-order valence-electron chi connectivity index (χ3n) is 3.79. The molecule has 0 unspecified atom stereocenters. The van der Waals surface area contributed by atoms with Gasteiger partial charge < -0.3 is 10.2 Å². The Morgan fingerprint density at radius 1 is 1.08 bits per heavy atom. The molecule has 0 spiro atoms. The molecule has 2 heterocycles. The highest BCUT2D eigenvalue weighted by molar-refractivity contribution is 7.71. The zero-order valence-electron chi connectivity index (χ0n) is 12.3. The average molecular weight is 336 g/mol. The predicted octanol–water partition coefficient (Wildman–Crippen LogP) is 3.56. The van der Waals surface area contributed by atoms with E-state index in [4.69, 9.17) is 12.2 Å². The van der Waals surface area contributed by atoms with Crippen LogP contribution in [0.2, 0.25) is 0 Å². The molecule has 2 aromatic heterocycles. The molecule has 7 heteroatoms. The Morgan fingerprint density at radius 2 is 1.96 bits per heavy atom. The number of phenolic OH excluding ortho intramolecular Hbond substituents is 2. The van der Waals surface area contributed by atoms with Gasteiger partial charge in [0.15, 0.2) is 10.6 Å². The quantitative estimate of drug-likeness (QED) is 0.487. The van der Waals surface area contributed by atoms with Crippen LogP contribution in [0, 0.1) is 4.77 Å². The Balaban J connectivity index is 2.03. The summed E-state index contributed by atoms with van der Waals surface area (Å²) in [6.07, 6.45) is 3.49. The molecule has 4 rings (SSSR count). The van der Waals surface area contributed by atoms with Crippen LogP contribution in [0.1, 0.15) is 0 Å². The molecule has 0 amide bonds. The lowest BCUT2D eigenvalue weighted by atomic mass is 10.1. The molecular formula is C17H12N4O2S. The number of pyridine rings is 1. The molecule has 0 bridgehead atoms. The molecule has 0 aliphatic carbocycles. The summed E-state index contributed by atoms with van der Waals surface area (Å²) in [4.78, 5) is 4.14. The van der Waals surface area contributed by atoms with Crippen molar-refractivity contribution in [1.82, 2.24) is 19.7 Å². The number of rotatable bonds is 2. The van der Waals surface area contributed by atoms with Gasteiger partial charge in [0.1, 0.15) is 11.5 Å². The van der Waals surface area contributed by atoms with Crippen LogP contribution in [0.25, 0.3) is 27.8 Å². The molecule has 0 aliphatic heterocycles. The first kappa shape index (κ1) is 14.4. The lowest BCUT2D eigenvalue weighted by Crippen LogP contribution is -1.99. The largest absolute Gasteiger partial charge is 0.508 e. The number of hydrogen-bond donors (Lipinski definition) is 3. The monoisotopic (exact) mass is 336 g/mol. The summed E-state index contributed by atoms with van der Waals surface area (Å²) in [5, 5.41) is 28.6. The number of nitrogens with one attached hydrogen (secondary N) is 1. The Labute approximate surface area is 141 Å². The minimum Gasteiger partial charge on any atom is -0.508 e. The van der Waals surface area contributed by atoms with Gasteiger partial charge in [0, 0.05) is 29.2 Å². The van der Waals surface area contributed by atoms with Crippen molar-refractivity contribution < 1.29 is 10.2 Å². The fourth-order valence-corrected chi connectivity index (χ4v) is 2.94. The SMILES string of the molecule is Oc1ccc(-c2n[nH]c(=S)n2-c2cccc3cnccc23)c(O)c1. The summed E-state index contributed by atoms with van der Waals surface area (Å²) in [6, 6.07) is 12.1. The van der Waals surface area contributed by atoms with Crippen molar-refractivity contribution in [3.63, 3.8) is 0 Å². The maximum absolute atomic E-state index is 10.2. The number of benzene rings is 2. The highest BCUT2D eigenvalue weighted by Gasteiger charge is 2.16. The van der Waals surface area contributed by atoms with Crippen LogP contribution in [-0.2, 0) is 0 Å². The molecule has 0 fully saturated rings. The molecule has 3 N–H and O–H groups in total. The van der Waals surface area contributed by atoms with E-state index in [1.807, 2.05) is 24.3 Å². The summed E-state index contributed by atoms with van der Waals surface area (Å²) in [5.41, 5.74) is 1.29. The first-order valence-electron chi connectivity index (χ1n) is 7.18. The van der Waals surface area contributed by atoms with E-state index in [2.05, 4.69) is 15.2 Å². The number of H-pyrrole nitrogens is 1. The van der Waals surface area contributed by atoms with Crippen molar-refractivity contribution in [2.45, 2.75) is 0 Å². The second-order valence-corrected chi connectivity index (χ2v) is 5.65. The predicted molar refractivity (Wildman–Crippen MR) is 92.8 cm³/mol. The summed E-state index contributed by atoms with van der Waals surface area (Å²) >= 11 is 5.39. The van der Waals surface area contributed by atoms with E-state index in [0.717, 1.165) is 16.5 Å². The Kier molecular flexibility index (Phi) is 3.28. The zero-order valence-corrected chi connectivity index (χ0v) is 13.2. The molecule has 2 aromatic carbocycles. The lowest BCUT2D eigenvalue weighted by Gasteiger charge is -2.11. The first-order chi connectivity index (χ1) is 11.6. The van der Waals surface area contributed by atoms with Crippen molar-refractivity contribution in [1.29, 1.82) is 0 Å². The molecule has 118 valence electrons. The van der Waals surface area contributed by atoms with Gasteiger partial charge in [0.2, 0.25) is 0 Å². The van der Waals surface area contributed by atoms with Gasteiger partial charge in [-0.2, -0.15) is 5.10 Å². The molecule has 0 aliphatic rings. The van der Waals surface area contributed by atoms with Crippen molar-refractivity contribution in [2.24, 2.45) is 0 Å². The number of nitrogens with zero attached hydrogens (tertiary/aromatic N) is 3. The average Bonchev–Trinajstić information content (AvgIpc) is 2.95. The van der Waals surface area contributed by atoms with Crippen molar-refractivity contribution >= 4 is 23.0 Å². The topological polar surface area (TPSA) is 87.0 Å². The summed E-state index contributed by atoms with van der Waals surface area (Å²) in [7, 11) is 0. The maximum Gasteiger partial charge on any atom is 0.200 e. The highest BCUT2D eigenvalue weighted by Crippen LogP contribution is 2.33. The van der Waals surface area contributed by atoms with Crippen LogP contribution in [-0.4, -0.2) is 30.0 Å². The first-order valence-corrected chi connectivity index (χ1v) is 7.59. The third-order valence-corrected chi connectivity index (χ3v) is 4.07. The fourth-order valence-electron chi connectivity index (χ4n) is 2.71. The van der Waals surface area contributed by atoms with E-state index in [1.54, 1.807) is 23.0 Å². The molecule has 24 heavy (non-hydrogen) atoms. The van der Waals surface area contributed by atoms with Crippen LogP contribution in [0.4, 0.5) is 0 Å². The van der Waals surface area contributed by atoms with Crippen LogP contribution in [0.3, 0.4) is 0 Å². The van der Waals surface area contributed by atoms with Gasteiger partial charge in [0.05, 0.1) is 11.3 Å². The van der Waals surface area contributed by atoms with Crippen molar-refractivity contribution in [3.05, 3.63) is 59.6 Å². The van der Waals surface area contributed by atoms with Crippen LogP contribution < -0.4 is 0 Å². The van der Waals surface area contributed by atoms with Crippen molar-refractivity contribution in [2.75, 3.05) is 0 Å². The fraction of sp³-hybridized carbons (Fsp3) is 0. The third kappa shape index (κ3) is 2.22. The highest BCUT2D eigenvalue weighted by atomic mass is 32.1. The van der Waals surface area contributed by atoms with Gasteiger partial charge in [-0.15, -0.1) is 0 Å². The molecule has 0 radical (unpaired) electrons. The second kappa shape index (κ2) is 5.47. The number of phenols is 2. The second-order valence-electron chi connectivity index (χ2n) is 5.26. The van der Waals surface area contributed by atoms with Gasteiger partial charge in [-0.3, -0.25) is 14.6 Å². The Hall–Kier alpha value is -3.19. The summed E-state index contributed by atoms with van der Waals surface area (Å²) in [5.74, 6) is 0.363. The number of aromatic hydroxyl groups is 2. The number of aromatic nitrogens is 4. The summed E-state index contributed by atoms with van der Waals surface area (Å²) in [6.45, 7) is 0. The Bertz CT molecular complexity index is 1110. The van der Waals surface area contributed by atoms with Crippen LogP contribution in [0.5, 0.6) is 11.5 Å². The number of fused-ring (bicyclic) bond motifs is 1. The minimum atomic E-state index is -0.0767. The standard InChI is InChI=1S/C17H12N4O2S/c22-11-4-5-13(15(23)8-11)16-19-20-17(24)21(16)14-3-1-2-10-9-18-7-6-12(10)14/h1-9,22-23H,(H,20,24). The van der Waals surface area contributed by atoms with Crippen LogP contribution >= 0.6 is 12.2 Å². The molecule has 0 saturated carbocycles. The maximum atomic E-state index is 10.2. The van der Waals surface area contributed by atoms with Gasteiger partial charge in [-0.25, -0.2) is 0 Å². The van der Waals surface area contributed by atoms with E-state index < -0.39 is 0 Å². The molecule has 0 saturated heterocycles. The van der Waals surface area contributed by atoms with Crippen LogP contribution in [0.15, 0.2) is 54.9 Å². The molecule has 4 aromatic rings. The lowest BCUT2D eigenvalue weighted by molar-refractivity contribution is 0.451. The molecule has 6 nitrogen and oxygen atoms in total. The van der Waals surface area contributed by atoms with E-state index in [0.29, 0.717) is 16.2 Å². The van der Waals surface area contributed by atoms with Gasteiger partial charge in [-0.1, -0.05) is 12.1 Å². The zero-order chi connectivity index (χ0) is 16.7.